The van der Waals surface area contributed by atoms with Gasteiger partial charge in [-0.3, -0.25) is 0 Å². The van der Waals surface area contributed by atoms with Gasteiger partial charge in [0.25, 0.3) is 0 Å². The normalized spacial score (nSPS) is 29.0. The lowest BCUT2D eigenvalue weighted by molar-refractivity contribution is 0.334. The van der Waals surface area contributed by atoms with Crippen LogP contribution in [0, 0.1) is 11.8 Å². The van der Waals surface area contributed by atoms with Crippen LogP contribution in [0.2, 0.25) is 0 Å². The maximum Gasteiger partial charge on any atom is 0.229 e. The van der Waals surface area contributed by atoms with E-state index in [1.165, 1.54) is 12.8 Å². The first-order chi connectivity index (χ1) is 13.1. The Bertz CT molecular complexity index is 773. The topological polar surface area (TPSA) is 72.1 Å². The number of nitrogens with zero attached hydrogens (tertiary/aromatic N) is 4. The van der Waals surface area contributed by atoms with Crippen LogP contribution in [0.4, 0.5) is 11.8 Å². The highest BCUT2D eigenvalue weighted by Crippen LogP contribution is 2.30. The number of rotatable bonds is 4. The number of likely N-dealkylation sites (N-methyl/N-ethyl adjacent to an activating group) is 2. The van der Waals surface area contributed by atoms with Gasteiger partial charge in [-0.25, -0.2) is 0 Å². The van der Waals surface area contributed by atoms with E-state index >= 15 is 0 Å². The summed E-state index contributed by atoms with van der Waals surface area (Å²) < 4.78 is 0. The Labute approximate surface area is 161 Å². The molecule has 2 aliphatic heterocycles. The molecule has 3 N–H and O–H groups in total. The average Bonchev–Trinajstić information content (AvgIpc) is 3.15. The molecule has 0 amide bonds. The van der Waals surface area contributed by atoms with Gasteiger partial charge in [-0.2, -0.15) is 9.97 Å². The van der Waals surface area contributed by atoms with Gasteiger partial charge in [0.1, 0.15) is 11.5 Å². The molecule has 0 saturated carbocycles. The quantitative estimate of drug-likeness (QED) is 0.762. The number of nitrogens with one attached hydrogen (secondary N) is 3. The van der Waals surface area contributed by atoms with Crippen LogP contribution >= 0.6 is 0 Å². The van der Waals surface area contributed by atoms with Crippen LogP contribution in [0.5, 0.6) is 0 Å². The van der Waals surface area contributed by atoms with Crippen molar-refractivity contribution < 1.29 is 0 Å². The number of hydrogen-bond donors (Lipinski definition) is 3. The van der Waals surface area contributed by atoms with E-state index in [1.807, 2.05) is 6.20 Å². The molecule has 0 aliphatic carbocycles. The van der Waals surface area contributed by atoms with Crippen molar-refractivity contribution >= 4 is 22.8 Å². The smallest absolute Gasteiger partial charge is 0.229 e. The third-order valence-corrected chi connectivity index (χ3v) is 6.60. The highest BCUT2D eigenvalue weighted by atomic mass is 15.3. The summed E-state index contributed by atoms with van der Waals surface area (Å²) in [6.45, 7) is 8.87. The first-order valence-electron chi connectivity index (χ1n) is 10.3. The number of anilines is 2. The maximum absolute atomic E-state index is 5.06. The highest BCUT2D eigenvalue weighted by molar-refractivity contribution is 5.88. The SMILES string of the molecule is C[C@@H]1CCNC[C@@H]1N(C)c1nc(N(C)[C@H]2CNCC[C@H]2C)c2cc[nH]c2n1. The second-order valence-electron chi connectivity index (χ2n) is 8.38. The van der Waals surface area contributed by atoms with Gasteiger partial charge in [0.05, 0.1) is 5.39 Å². The third-order valence-electron chi connectivity index (χ3n) is 6.60. The summed E-state index contributed by atoms with van der Waals surface area (Å²) in [7, 11) is 4.31. The van der Waals surface area contributed by atoms with Crippen molar-refractivity contribution in [1.82, 2.24) is 25.6 Å². The molecule has 2 saturated heterocycles. The zero-order valence-electron chi connectivity index (χ0n) is 17.0. The van der Waals surface area contributed by atoms with Crippen molar-refractivity contribution in [3.05, 3.63) is 12.3 Å². The summed E-state index contributed by atoms with van der Waals surface area (Å²) in [6, 6.07) is 2.95. The minimum Gasteiger partial charge on any atom is -0.354 e. The molecule has 2 aromatic heterocycles. The molecule has 0 bridgehead atoms. The van der Waals surface area contributed by atoms with Crippen molar-refractivity contribution in [2.45, 2.75) is 38.8 Å². The summed E-state index contributed by atoms with van der Waals surface area (Å²) in [5.74, 6) is 3.11. The number of H-pyrrole nitrogens is 1. The number of fused-ring (bicyclic) bond motifs is 1. The van der Waals surface area contributed by atoms with E-state index in [1.54, 1.807) is 0 Å². The molecule has 4 heterocycles. The van der Waals surface area contributed by atoms with Gasteiger partial charge in [0, 0.05) is 45.5 Å². The molecule has 0 aromatic carbocycles. The first kappa shape index (κ1) is 18.5. The van der Waals surface area contributed by atoms with Gasteiger partial charge < -0.3 is 25.4 Å². The Morgan fingerprint density at radius 1 is 0.926 bits per heavy atom. The number of aromatic nitrogens is 3. The van der Waals surface area contributed by atoms with E-state index in [9.17, 15) is 0 Å². The lowest BCUT2D eigenvalue weighted by Crippen LogP contribution is -2.50. The minimum atomic E-state index is 0.416. The van der Waals surface area contributed by atoms with Crippen molar-refractivity contribution in [2.24, 2.45) is 11.8 Å². The summed E-state index contributed by atoms with van der Waals surface area (Å²) in [5.41, 5.74) is 0.918. The molecule has 2 fully saturated rings. The molecular formula is C20H33N7. The van der Waals surface area contributed by atoms with Crippen LogP contribution in [0.1, 0.15) is 26.7 Å². The fourth-order valence-electron chi connectivity index (χ4n) is 4.63. The Hall–Kier alpha value is -1.86. The average molecular weight is 372 g/mol. The predicted molar refractivity (Wildman–Crippen MR) is 112 cm³/mol. The molecule has 7 nitrogen and oxygen atoms in total. The van der Waals surface area contributed by atoms with E-state index in [-0.39, 0.29) is 0 Å². The van der Waals surface area contributed by atoms with Crippen molar-refractivity contribution in [3.8, 4) is 0 Å². The fourth-order valence-corrected chi connectivity index (χ4v) is 4.63. The molecule has 4 rings (SSSR count). The molecule has 0 radical (unpaired) electrons. The van der Waals surface area contributed by atoms with Gasteiger partial charge >= 0.3 is 0 Å². The van der Waals surface area contributed by atoms with E-state index in [2.05, 4.69) is 59.4 Å². The summed E-state index contributed by atoms with van der Waals surface area (Å²) in [6.07, 6.45) is 4.36. The van der Waals surface area contributed by atoms with Crippen LogP contribution < -0.4 is 20.4 Å². The Balaban J connectivity index is 1.69. The minimum absolute atomic E-state index is 0.416. The summed E-state index contributed by atoms with van der Waals surface area (Å²) in [4.78, 5) is 17.8. The van der Waals surface area contributed by atoms with Crippen molar-refractivity contribution in [3.63, 3.8) is 0 Å². The molecule has 7 heteroatoms. The Morgan fingerprint density at radius 2 is 1.56 bits per heavy atom. The third kappa shape index (κ3) is 3.50. The number of aromatic amines is 1. The van der Waals surface area contributed by atoms with E-state index < -0.39 is 0 Å². The largest absolute Gasteiger partial charge is 0.354 e. The Kier molecular flexibility index (Phi) is 5.23. The molecular weight excluding hydrogens is 338 g/mol. The lowest BCUT2D eigenvalue weighted by atomic mass is 9.93. The second-order valence-corrected chi connectivity index (χ2v) is 8.38. The summed E-state index contributed by atoms with van der Waals surface area (Å²) >= 11 is 0. The molecule has 2 aliphatic rings. The zero-order valence-corrected chi connectivity index (χ0v) is 17.0. The molecule has 0 spiro atoms. The maximum atomic E-state index is 5.06. The van der Waals surface area contributed by atoms with Crippen LogP contribution in [-0.2, 0) is 0 Å². The second kappa shape index (κ2) is 7.64. The van der Waals surface area contributed by atoms with Crippen LogP contribution in [0.3, 0.4) is 0 Å². The van der Waals surface area contributed by atoms with Crippen molar-refractivity contribution in [2.75, 3.05) is 50.1 Å². The van der Waals surface area contributed by atoms with Gasteiger partial charge in [0.15, 0.2) is 0 Å². The standard InChI is InChI=1S/C20H33N7/c1-13-5-8-21-11-16(13)26(3)19-15-7-10-23-18(15)24-20(25-19)27(4)17-12-22-9-6-14(17)2/h7,10,13-14,16-17,21-22H,5-6,8-9,11-12H2,1-4H3,(H,23,24,25)/t13-,14-,16+,17+/m1/s1. The van der Waals surface area contributed by atoms with Crippen LogP contribution in [0.15, 0.2) is 12.3 Å². The molecule has 4 atom stereocenters. The van der Waals surface area contributed by atoms with Gasteiger partial charge in [0.2, 0.25) is 5.95 Å². The van der Waals surface area contributed by atoms with Crippen molar-refractivity contribution in [1.29, 1.82) is 0 Å². The van der Waals surface area contributed by atoms with Gasteiger partial charge in [-0.1, -0.05) is 13.8 Å². The van der Waals surface area contributed by atoms with E-state index in [0.717, 1.165) is 49.0 Å². The number of hydrogen-bond acceptors (Lipinski definition) is 6. The molecule has 2 aromatic rings. The van der Waals surface area contributed by atoms with E-state index in [0.29, 0.717) is 23.9 Å². The summed E-state index contributed by atoms with van der Waals surface area (Å²) in [5, 5.41) is 8.16. The fraction of sp³-hybridized carbons (Fsp3) is 0.700. The van der Waals surface area contributed by atoms with Crippen LogP contribution in [0.25, 0.3) is 11.0 Å². The lowest BCUT2D eigenvalue weighted by Gasteiger charge is -2.39. The monoisotopic (exact) mass is 371 g/mol. The van der Waals surface area contributed by atoms with E-state index in [4.69, 9.17) is 9.97 Å². The Morgan fingerprint density at radius 3 is 2.19 bits per heavy atom. The van der Waals surface area contributed by atoms with Gasteiger partial charge in [-0.15, -0.1) is 0 Å². The molecule has 0 unspecified atom stereocenters. The van der Waals surface area contributed by atoms with Gasteiger partial charge in [-0.05, 0) is 43.8 Å². The first-order valence-corrected chi connectivity index (χ1v) is 10.3. The predicted octanol–water partition coefficient (Wildman–Crippen LogP) is 1.83. The molecule has 27 heavy (non-hydrogen) atoms. The highest BCUT2D eigenvalue weighted by Gasteiger charge is 2.30. The number of piperidine rings is 2. The zero-order chi connectivity index (χ0) is 19.0. The molecule has 148 valence electrons. The van der Waals surface area contributed by atoms with Crippen LogP contribution in [-0.4, -0.2) is 67.3 Å².